The van der Waals surface area contributed by atoms with Crippen molar-refractivity contribution in [2.24, 2.45) is 0 Å². The Kier molecular flexibility index (Phi) is 6.03. The van der Waals surface area contributed by atoms with E-state index in [1.54, 1.807) is 31.2 Å². The summed E-state index contributed by atoms with van der Waals surface area (Å²) < 4.78 is 28.1. The van der Waals surface area contributed by atoms with Crippen molar-refractivity contribution in [1.82, 2.24) is 15.5 Å². The van der Waals surface area contributed by atoms with Crippen molar-refractivity contribution < 1.29 is 13.2 Å². The van der Waals surface area contributed by atoms with Gasteiger partial charge in [-0.3, -0.25) is 14.6 Å². The fraction of sp³-hybridized carbons (Fsp3) is 0.238. The van der Waals surface area contributed by atoms with E-state index in [2.05, 4.69) is 20.2 Å². The average Bonchev–Trinajstić information content (AvgIpc) is 3.10. The predicted molar refractivity (Wildman–Crippen MR) is 113 cm³/mol. The average molecular weight is 413 g/mol. The highest BCUT2D eigenvalue weighted by Crippen LogP contribution is 2.21. The summed E-state index contributed by atoms with van der Waals surface area (Å²) in [6, 6.07) is 16.7. The van der Waals surface area contributed by atoms with Gasteiger partial charge in [-0.05, 0) is 37.5 Å². The molecule has 0 spiro atoms. The third kappa shape index (κ3) is 4.83. The van der Waals surface area contributed by atoms with E-state index in [-0.39, 0.29) is 16.5 Å². The molecule has 0 aliphatic heterocycles. The summed E-state index contributed by atoms with van der Waals surface area (Å²) in [5.74, 6) is -0.401. The molecular weight excluding hydrogens is 388 g/mol. The Morgan fingerprint density at radius 2 is 1.72 bits per heavy atom. The minimum absolute atomic E-state index is 0.0184. The largest absolute Gasteiger partial charge is 0.351 e. The zero-order valence-corrected chi connectivity index (χ0v) is 17.4. The van der Waals surface area contributed by atoms with E-state index < -0.39 is 15.9 Å². The molecule has 0 fully saturated rings. The second kappa shape index (κ2) is 8.48. The van der Waals surface area contributed by atoms with Crippen molar-refractivity contribution in [1.29, 1.82) is 0 Å². The Labute approximate surface area is 170 Å². The lowest BCUT2D eigenvalue weighted by atomic mass is 10.0. The molecule has 0 saturated carbocycles. The molecule has 0 bridgehead atoms. The number of rotatable bonds is 7. The van der Waals surface area contributed by atoms with Crippen molar-refractivity contribution in [3.63, 3.8) is 0 Å². The fourth-order valence-electron chi connectivity index (χ4n) is 2.93. The summed E-state index contributed by atoms with van der Waals surface area (Å²) in [6.45, 7) is 5.90. The van der Waals surface area contributed by atoms with Gasteiger partial charge in [0.25, 0.3) is 15.9 Å². The Balaban J connectivity index is 1.77. The monoisotopic (exact) mass is 412 g/mol. The van der Waals surface area contributed by atoms with Gasteiger partial charge in [-0.25, -0.2) is 0 Å². The molecule has 3 rings (SSSR count). The lowest BCUT2D eigenvalue weighted by molar-refractivity contribution is 0.0947. The lowest BCUT2D eigenvalue weighted by Gasteiger charge is -2.13. The molecule has 1 amide bonds. The molecular formula is C21H24N4O3S. The first kappa shape index (κ1) is 20.6. The van der Waals surface area contributed by atoms with Crippen LogP contribution in [-0.2, 0) is 10.0 Å². The number of benzene rings is 2. The number of sulfonamides is 1. The van der Waals surface area contributed by atoms with Gasteiger partial charge in [0.2, 0.25) is 5.03 Å². The number of aryl methyl sites for hydroxylation is 2. The molecule has 29 heavy (non-hydrogen) atoms. The number of carbonyl (C=O) groups is 1. The number of H-pyrrole nitrogens is 1. The van der Waals surface area contributed by atoms with Crippen molar-refractivity contribution in [2.45, 2.75) is 31.7 Å². The minimum atomic E-state index is -4.02. The molecule has 1 aromatic heterocycles. The van der Waals surface area contributed by atoms with Crippen LogP contribution in [0, 0.1) is 13.8 Å². The molecule has 3 N–H and O–H groups in total. The van der Waals surface area contributed by atoms with E-state index in [1.807, 2.05) is 44.2 Å². The summed E-state index contributed by atoms with van der Waals surface area (Å²) >= 11 is 0. The highest BCUT2D eigenvalue weighted by atomic mass is 32.2. The third-order valence-corrected chi connectivity index (χ3v) is 5.95. The van der Waals surface area contributed by atoms with Crippen LogP contribution >= 0.6 is 0 Å². The third-order valence-electron chi connectivity index (χ3n) is 4.64. The van der Waals surface area contributed by atoms with E-state index >= 15 is 0 Å². The second-order valence-electron chi connectivity index (χ2n) is 7.02. The molecule has 0 saturated heterocycles. The lowest BCUT2D eigenvalue weighted by Crippen LogP contribution is -2.29. The van der Waals surface area contributed by atoms with Crippen LogP contribution in [0.15, 0.2) is 59.6 Å². The van der Waals surface area contributed by atoms with E-state index in [9.17, 15) is 13.2 Å². The van der Waals surface area contributed by atoms with Gasteiger partial charge in [-0.15, -0.1) is 0 Å². The van der Waals surface area contributed by atoms with E-state index in [1.165, 1.54) is 0 Å². The van der Waals surface area contributed by atoms with Crippen LogP contribution in [0.1, 0.15) is 40.0 Å². The van der Waals surface area contributed by atoms with Crippen LogP contribution in [0.5, 0.6) is 0 Å². The highest BCUT2D eigenvalue weighted by Gasteiger charge is 2.28. The van der Waals surface area contributed by atoms with Gasteiger partial charge in [-0.1, -0.05) is 55.0 Å². The molecule has 0 unspecified atom stereocenters. The zero-order chi connectivity index (χ0) is 21.0. The fourth-order valence-corrected chi connectivity index (χ4v) is 4.15. The normalized spacial score (nSPS) is 12.4. The maximum Gasteiger partial charge on any atom is 0.282 e. The van der Waals surface area contributed by atoms with Crippen LogP contribution in [-0.4, -0.2) is 31.1 Å². The number of hydrogen-bond acceptors (Lipinski definition) is 4. The smallest absolute Gasteiger partial charge is 0.282 e. The van der Waals surface area contributed by atoms with Crippen molar-refractivity contribution >= 4 is 21.6 Å². The molecule has 1 heterocycles. The van der Waals surface area contributed by atoms with Gasteiger partial charge in [0, 0.05) is 17.9 Å². The quantitative estimate of drug-likeness (QED) is 0.553. The molecule has 2 aromatic carbocycles. The first-order valence-electron chi connectivity index (χ1n) is 9.25. The molecule has 8 heteroatoms. The summed E-state index contributed by atoms with van der Waals surface area (Å²) in [6.07, 6.45) is 0. The molecule has 0 aliphatic carbocycles. The van der Waals surface area contributed by atoms with Crippen LogP contribution in [0.3, 0.4) is 0 Å². The van der Waals surface area contributed by atoms with E-state index in [4.69, 9.17) is 0 Å². The summed E-state index contributed by atoms with van der Waals surface area (Å²) in [5, 5.41) is 8.98. The number of aromatic amines is 1. The second-order valence-corrected chi connectivity index (χ2v) is 8.62. The number of carbonyl (C=O) groups excluding carboxylic acids is 1. The van der Waals surface area contributed by atoms with Crippen LogP contribution in [0.2, 0.25) is 0 Å². The predicted octanol–water partition coefficient (Wildman–Crippen LogP) is 3.36. The molecule has 1 atom stereocenters. The first-order valence-corrected chi connectivity index (χ1v) is 10.7. The van der Waals surface area contributed by atoms with E-state index in [0.29, 0.717) is 17.9 Å². The zero-order valence-electron chi connectivity index (χ0n) is 16.6. The van der Waals surface area contributed by atoms with Gasteiger partial charge in [-0.2, -0.15) is 13.5 Å². The molecule has 0 aliphatic rings. The van der Waals surface area contributed by atoms with Crippen molar-refractivity contribution in [3.8, 4) is 0 Å². The maximum atomic E-state index is 12.8. The summed E-state index contributed by atoms with van der Waals surface area (Å²) in [4.78, 5) is 12.8. The number of aromatic nitrogens is 2. The van der Waals surface area contributed by atoms with Crippen molar-refractivity contribution in [2.75, 3.05) is 11.3 Å². The van der Waals surface area contributed by atoms with Crippen LogP contribution in [0.25, 0.3) is 0 Å². The highest BCUT2D eigenvalue weighted by molar-refractivity contribution is 7.92. The Morgan fingerprint density at radius 3 is 2.38 bits per heavy atom. The van der Waals surface area contributed by atoms with Gasteiger partial charge in [0.05, 0.1) is 0 Å². The van der Waals surface area contributed by atoms with E-state index in [0.717, 1.165) is 11.1 Å². The Hall–Kier alpha value is -3.13. The minimum Gasteiger partial charge on any atom is -0.351 e. The first-order chi connectivity index (χ1) is 13.8. The molecule has 152 valence electrons. The number of amides is 1. The topological polar surface area (TPSA) is 104 Å². The number of nitrogens with one attached hydrogen (secondary N) is 3. The Morgan fingerprint density at radius 1 is 1.07 bits per heavy atom. The van der Waals surface area contributed by atoms with Gasteiger partial charge >= 0.3 is 0 Å². The molecule has 7 nitrogen and oxygen atoms in total. The summed E-state index contributed by atoms with van der Waals surface area (Å²) in [7, 11) is -4.02. The van der Waals surface area contributed by atoms with Gasteiger partial charge < -0.3 is 5.32 Å². The Bertz CT molecular complexity index is 1090. The number of anilines is 1. The SMILES string of the molecule is Cc1ccc(NS(=O)(=O)c2n[nH]c(C)c2C(=O)NC[C@@H](C)c2ccccc2)cc1. The van der Waals surface area contributed by atoms with Crippen LogP contribution < -0.4 is 10.0 Å². The maximum absolute atomic E-state index is 12.8. The number of hydrogen-bond donors (Lipinski definition) is 3. The molecule has 3 aromatic rings. The molecule has 0 radical (unpaired) electrons. The van der Waals surface area contributed by atoms with Gasteiger partial charge in [0.1, 0.15) is 5.56 Å². The van der Waals surface area contributed by atoms with Crippen LogP contribution in [0.4, 0.5) is 5.69 Å². The number of nitrogens with zero attached hydrogens (tertiary/aromatic N) is 1. The van der Waals surface area contributed by atoms with Crippen molar-refractivity contribution in [3.05, 3.63) is 77.0 Å². The standard InChI is InChI=1S/C21H24N4O3S/c1-14-9-11-18(12-10-14)25-29(27,28)21-19(16(3)23-24-21)20(26)22-13-15(2)17-7-5-4-6-8-17/h4-12,15,25H,13H2,1-3H3,(H,22,26)(H,23,24)/t15-/m1/s1. The van der Waals surface area contributed by atoms with Gasteiger partial charge in [0.15, 0.2) is 0 Å². The summed E-state index contributed by atoms with van der Waals surface area (Å²) in [5.41, 5.74) is 2.91.